The molecule has 1 aliphatic carbocycles. The molecule has 1 atom stereocenters. The molecular weight excluding hydrogens is 356 g/mol. The fourth-order valence-electron chi connectivity index (χ4n) is 4.11. The van der Waals surface area contributed by atoms with Crippen molar-refractivity contribution in [3.63, 3.8) is 0 Å². The number of hydrogen-bond acceptors (Lipinski definition) is 5. The standard InChI is InChI=1S/C21H18N4O3/c26-19-21(12-6-10-14-7-4-5-11-16(14)21)23-20(27)25(19)13-17-22-18(24-28-17)15-8-2-1-3-9-15/h1-5,7-9,11H,6,10,12-13H2,(H,23,27). The molecule has 1 saturated heterocycles. The Morgan fingerprint density at radius 2 is 1.86 bits per heavy atom. The number of aryl methyl sites for hydroxylation is 1. The molecule has 2 aromatic carbocycles. The quantitative estimate of drug-likeness (QED) is 0.712. The van der Waals surface area contributed by atoms with E-state index < -0.39 is 11.6 Å². The molecule has 1 spiro atoms. The van der Waals surface area contributed by atoms with Crippen LogP contribution in [0.5, 0.6) is 0 Å². The summed E-state index contributed by atoms with van der Waals surface area (Å²) in [6.45, 7) is -0.0472. The van der Waals surface area contributed by atoms with E-state index in [0.29, 0.717) is 12.2 Å². The second-order valence-corrected chi connectivity index (χ2v) is 7.12. The number of aromatic nitrogens is 2. The fourth-order valence-corrected chi connectivity index (χ4v) is 4.11. The van der Waals surface area contributed by atoms with Crippen molar-refractivity contribution in [2.45, 2.75) is 31.3 Å². The van der Waals surface area contributed by atoms with Gasteiger partial charge in [-0.3, -0.25) is 9.69 Å². The van der Waals surface area contributed by atoms with Crippen LogP contribution in [0.3, 0.4) is 0 Å². The average Bonchev–Trinajstić information content (AvgIpc) is 3.29. The molecule has 1 aliphatic heterocycles. The van der Waals surface area contributed by atoms with Gasteiger partial charge in [0.2, 0.25) is 11.7 Å². The number of fused-ring (bicyclic) bond motifs is 2. The molecule has 1 fully saturated rings. The molecule has 1 N–H and O–H groups in total. The Kier molecular flexibility index (Phi) is 3.75. The van der Waals surface area contributed by atoms with Gasteiger partial charge in [0, 0.05) is 5.56 Å². The van der Waals surface area contributed by atoms with Gasteiger partial charge in [-0.1, -0.05) is 59.8 Å². The van der Waals surface area contributed by atoms with E-state index in [1.807, 2.05) is 54.6 Å². The van der Waals surface area contributed by atoms with Crippen LogP contribution in [0.1, 0.15) is 29.9 Å². The Balaban J connectivity index is 1.43. The maximum atomic E-state index is 13.3. The van der Waals surface area contributed by atoms with Crippen LogP contribution in [0.25, 0.3) is 11.4 Å². The second kappa shape index (κ2) is 6.30. The number of carbonyl (C=O) groups excluding carboxylic acids is 2. The number of nitrogens with zero attached hydrogens (tertiary/aromatic N) is 3. The lowest BCUT2D eigenvalue weighted by Gasteiger charge is -2.33. The van der Waals surface area contributed by atoms with Gasteiger partial charge < -0.3 is 9.84 Å². The first-order valence-electron chi connectivity index (χ1n) is 9.28. The van der Waals surface area contributed by atoms with Gasteiger partial charge in [-0.2, -0.15) is 4.98 Å². The Labute approximate surface area is 161 Å². The molecule has 3 amide bonds. The Hall–Kier alpha value is -3.48. The van der Waals surface area contributed by atoms with Crippen LogP contribution in [0.2, 0.25) is 0 Å². The lowest BCUT2D eigenvalue weighted by atomic mass is 9.76. The van der Waals surface area contributed by atoms with E-state index in [9.17, 15) is 9.59 Å². The van der Waals surface area contributed by atoms with Crippen LogP contribution in [0.4, 0.5) is 4.79 Å². The summed E-state index contributed by atoms with van der Waals surface area (Å²) in [4.78, 5) is 31.5. The van der Waals surface area contributed by atoms with E-state index in [-0.39, 0.29) is 18.3 Å². The highest BCUT2D eigenvalue weighted by Gasteiger charge is 2.54. The van der Waals surface area contributed by atoms with Crippen LogP contribution in [-0.2, 0) is 23.3 Å². The van der Waals surface area contributed by atoms with Crippen molar-refractivity contribution in [3.05, 3.63) is 71.6 Å². The maximum absolute atomic E-state index is 13.3. The van der Waals surface area contributed by atoms with Crippen molar-refractivity contribution in [3.8, 4) is 11.4 Å². The fraction of sp³-hybridized carbons (Fsp3) is 0.238. The van der Waals surface area contributed by atoms with Gasteiger partial charge in [-0.25, -0.2) is 4.79 Å². The number of urea groups is 1. The van der Waals surface area contributed by atoms with Gasteiger partial charge in [-0.05, 0) is 30.4 Å². The van der Waals surface area contributed by atoms with Crippen LogP contribution in [-0.4, -0.2) is 27.0 Å². The summed E-state index contributed by atoms with van der Waals surface area (Å²) in [7, 11) is 0. The van der Waals surface area contributed by atoms with Crippen molar-refractivity contribution >= 4 is 11.9 Å². The van der Waals surface area contributed by atoms with E-state index in [1.165, 1.54) is 4.90 Å². The number of hydrogen-bond donors (Lipinski definition) is 1. The van der Waals surface area contributed by atoms with Crippen molar-refractivity contribution in [2.24, 2.45) is 0 Å². The van der Waals surface area contributed by atoms with E-state index in [0.717, 1.165) is 29.5 Å². The molecule has 0 saturated carbocycles. The zero-order valence-corrected chi connectivity index (χ0v) is 15.1. The van der Waals surface area contributed by atoms with Gasteiger partial charge in [0.15, 0.2) is 0 Å². The van der Waals surface area contributed by atoms with Gasteiger partial charge in [-0.15, -0.1) is 0 Å². The third kappa shape index (κ3) is 2.51. The van der Waals surface area contributed by atoms with Crippen LogP contribution >= 0.6 is 0 Å². The van der Waals surface area contributed by atoms with Crippen LogP contribution in [0, 0.1) is 0 Å². The summed E-state index contributed by atoms with van der Waals surface area (Å²) < 4.78 is 5.29. The molecule has 7 nitrogen and oxygen atoms in total. The summed E-state index contributed by atoms with van der Waals surface area (Å²) in [5.41, 5.74) is 1.81. The lowest BCUT2D eigenvalue weighted by Crippen LogP contribution is -2.46. The van der Waals surface area contributed by atoms with Crippen molar-refractivity contribution in [2.75, 3.05) is 0 Å². The molecule has 140 valence electrons. The second-order valence-electron chi connectivity index (χ2n) is 7.12. The van der Waals surface area contributed by atoms with Gasteiger partial charge >= 0.3 is 6.03 Å². The Morgan fingerprint density at radius 1 is 1.07 bits per heavy atom. The number of amides is 3. The maximum Gasteiger partial charge on any atom is 0.325 e. The third-order valence-corrected chi connectivity index (χ3v) is 5.44. The van der Waals surface area contributed by atoms with E-state index in [4.69, 9.17) is 4.52 Å². The minimum atomic E-state index is -0.992. The first-order chi connectivity index (χ1) is 13.7. The average molecular weight is 374 g/mol. The number of benzene rings is 2. The first kappa shape index (κ1) is 16.7. The SMILES string of the molecule is O=C1NC2(CCCc3ccccc32)C(=O)N1Cc1nc(-c2ccccc2)no1. The summed E-state index contributed by atoms with van der Waals surface area (Å²) in [5.74, 6) is 0.396. The summed E-state index contributed by atoms with van der Waals surface area (Å²) in [6.07, 6.45) is 2.34. The predicted octanol–water partition coefficient (Wildman–Crippen LogP) is 3.02. The molecule has 0 radical (unpaired) electrons. The highest BCUT2D eigenvalue weighted by Crippen LogP contribution is 2.40. The normalized spacial score (nSPS) is 21.1. The van der Waals surface area contributed by atoms with E-state index >= 15 is 0 Å². The highest BCUT2D eigenvalue weighted by molar-refractivity contribution is 6.07. The molecule has 3 aromatic rings. The molecule has 1 unspecified atom stereocenters. The molecule has 2 heterocycles. The van der Waals surface area contributed by atoms with Crippen LogP contribution < -0.4 is 5.32 Å². The van der Waals surface area contributed by atoms with Crippen molar-refractivity contribution < 1.29 is 14.1 Å². The zero-order chi connectivity index (χ0) is 19.1. The number of rotatable bonds is 3. The van der Waals surface area contributed by atoms with E-state index in [1.54, 1.807) is 0 Å². The topological polar surface area (TPSA) is 88.3 Å². The van der Waals surface area contributed by atoms with Gasteiger partial charge in [0.05, 0.1) is 0 Å². The molecule has 2 aliphatic rings. The molecular formula is C21H18N4O3. The largest absolute Gasteiger partial charge is 0.337 e. The smallest absolute Gasteiger partial charge is 0.325 e. The van der Waals surface area contributed by atoms with Crippen molar-refractivity contribution in [1.82, 2.24) is 20.4 Å². The monoisotopic (exact) mass is 374 g/mol. The summed E-state index contributed by atoms with van der Waals surface area (Å²) in [5, 5.41) is 6.89. The number of imide groups is 1. The van der Waals surface area contributed by atoms with E-state index in [2.05, 4.69) is 15.5 Å². The third-order valence-electron chi connectivity index (χ3n) is 5.44. The Bertz CT molecular complexity index is 1060. The summed E-state index contributed by atoms with van der Waals surface area (Å²) in [6, 6.07) is 16.8. The number of carbonyl (C=O) groups is 2. The minimum Gasteiger partial charge on any atom is -0.337 e. The molecule has 7 heteroatoms. The molecule has 5 rings (SSSR count). The van der Waals surface area contributed by atoms with Crippen molar-refractivity contribution in [1.29, 1.82) is 0 Å². The highest BCUT2D eigenvalue weighted by atomic mass is 16.5. The number of nitrogens with one attached hydrogen (secondary N) is 1. The summed E-state index contributed by atoms with van der Waals surface area (Å²) >= 11 is 0. The van der Waals surface area contributed by atoms with Gasteiger partial charge in [0.25, 0.3) is 5.91 Å². The molecule has 1 aromatic heterocycles. The van der Waals surface area contributed by atoms with Gasteiger partial charge in [0.1, 0.15) is 12.1 Å². The Morgan fingerprint density at radius 3 is 2.71 bits per heavy atom. The first-order valence-corrected chi connectivity index (χ1v) is 9.28. The molecule has 28 heavy (non-hydrogen) atoms. The minimum absolute atomic E-state index is 0.0472. The zero-order valence-electron chi connectivity index (χ0n) is 15.1. The van der Waals surface area contributed by atoms with Crippen LogP contribution in [0.15, 0.2) is 59.1 Å². The predicted molar refractivity (Wildman–Crippen MR) is 99.9 cm³/mol. The lowest BCUT2D eigenvalue weighted by molar-refractivity contribution is -0.132. The molecule has 0 bridgehead atoms.